The van der Waals surface area contributed by atoms with Crippen molar-refractivity contribution >= 4 is 0 Å². The Balaban J connectivity index is 1.90. The Morgan fingerprint density at radius 3 is 2.32 bits per heavy atom. The Hall–Kier alpha value is -2.02. The average molecular weight is 252 g/mol. The van der Waals surface area contributed by atoms with E-state index in [0.29, 0.717) is 12.5 Å². The smallest absolute Gasteiger partial charge is 0.119 e. The van der Waals surface area contributed by atoms with Crippen molar-refractivity contribution in [1.29, 1.82) is 0 Å². The third-order valence-electron chi connectivity index (χ3n) is 3.13. The van der Waals surface area contributed by atoms with Crippen molar-refractivity contribution in [2.75, 3.05) is 0 Å². The minimum atomic E-state index is 0.510. The van der Waals surface area contributed by atoms with E-state index in [1.165, 1.54) is 11.1 Å². The van der Waals surface area contributed by atoms with Gasteiger partial charge in [0.2, 0.25) is 0 Å². The van der Waals surface area contributed by atoms with Crippen LogP contribution < -0.4 is 4.74 Å². The molecule has 0 aliphatic rings. The van der Waals surface area contributed by atoms with Gasteiger partial charge in [-0.1, -0.05) is 55.5 Å². The van der Waals surface area contributed by atoms with Crippen molar-refractivity contribution in [3.05, 3.63) is 78.4 Å². The molecular formula is C18H20O. The maximum atomic E-state index is 5.76. The summed E-state index contributed by atoms with van der Waals surface area (Å²) in [5.74, 6) is 1.43. The number of hydrogen-bond acceptors (Lipinski definition) is 1. The second-order valence-corrected chi connectivity index (χ2v) is 4.84. The van der Waals surface area contributed by atoms with Gasteiger partial charge in [0.05, 0.1) is 0 Å². The van der Waals surface area contributed by atoms with Gasteiger partial charge >= 0.3 is 0 Å². The standard InChI is InChI=1S/C18H20O/c1-3-15(2)13-16-9-11-18(12-10-16)19-14-17-7-5-4-6-8-17/h3-12,15H,1,13-14H2,2H3. The summed E-state index contributed by atoms with van der Waals surface area (Å²) in [6.45, 7) is 6.60. The van der Waals surface area contributed by atoms with Crippen LogP contribution in [0, 0.1) is 5.92 Å². The highest BCUT2D eigenvalue weighted by molar-refractivity contribution is 5.28. The van der Waals surface area contributed by atoms with Crippen LogP contribution in [0.2, 0.25) is 0 Å². The molecule has 0 saturated carbocycles. The Labute approximate surface area is 115 Å². The van der Waals surface area contributed by atoms with Gasteiger partial charge in [-0.25, -0.2) is 0 Å². The lowest BCUT2D eigenvalue weighted by Crippen LogP contribution is -1.97. The lowest BCUT2D eigenvalue weighted by molar-refractivity contribution is 0.306. The van der Waals surface area contributed by atoms with E-state index in [1.54, 1.807) is 0 Å². The van der Waals surface area contributed by atoms with E-state index in [2.05, 4.69) is 37.8 Å². The zero-order valence-electron chi connectivity index (χ0n) is 11.4. The maximum absolute atomic E-state index is 5.76. The molecule has 2 aromatic rings. The molecule has 1 atom stereocenters. The highest BCUT2D eigenvalue weighted by atomic mass is 16.5. The van der Waals surface area contributed by atoms with Crippen LogP contribution in [0.25, 0.3) is 0 Å². The van der Waals surface area contributed by atoms with Crippen molar-refractivity contribution in [2.45, 2.75) is 20.0 Å². The first-order valence-electron chi connectivity index (χ1n) is 6.66. The first kappa shape index (κ1) is 13.4. The highest BCUT2D eigenvalue weighted by Gasteiger charge is 2.00. The Morgan fingerprint density at radius 1 is 1.00 bits per heavy atom. The van der Waals surface area contributed by atoms with Crippen LogP contribution >= 0.6 is 0 Å². The van der Waals surface area contributed by atoms with Crippen molar-refractivity contribution in [3.8, 4) is 5.75 Å². The summed E-state index contributed by atoms with van der Waals surface area (Å²) >= 11 is 0. The van der Waals surface area contributed by atoms with Gasteiger partial charge in [-0.05, 0) is 35.6 Å². The molecule has 0 aliphatic carbocycles. The second-order valence-electron chi connectivity index (χ2n) is 4.84. The molecule has 0 N–H and O–H groups in total. The predicted octanol–water partition coefficient (Wildman–Crippen LogP) is 4.63. The van der Waals surface area contributed by atoms with E-state index >= 15 is 0 Å². The largest absolute Gasteiger partial charge is 0.489 e. The Bertz CT molecular complexity index is 499. The fourth-order valence-corrected chi connectivity index (χ4v) is 1.92. The minimum absolute atomic E-state index is 0.510. The van der Waals surface area contributed by atoms with Gasteiger partial charge in [0, 0.05) is 0 Å². The third-order valence-corrected chi connectivity index (χ3v) is 3.13. The molecule has 1 heteroatoms. The quantitative estimate of drug-likeness (QED) is 0.681. The van der Waals surface area contributed by atoms with Crippen LogP contribution in [0.15, 0.2) is 67.3 Å². The molecule has 0 saturated heterocycles. The zero-order chi connectivity index (χ0) is 13.5. The molecule has 2 rings (SSSR count). The summed E-state index contributed by atoms with van der Waals surface area (Å²) in [4.78, 5) is 0. The molecule has 1 unspecified atom stereocenters. The lowest BCUT2D eigenvalue weighted by Gasteiger charge is -2.09. The predicted molar refractivity (Wildman–Crippen MR) is 80.3 cm³/mol. The van der Waals surface area contributed by atoms with Crippen molar-refractivity contribution in [2.24, 2.45) is 5.92 Å². The Kier molecular flexibility index (Phi) is 4.79. The fraction of sp³-hybridized carbons (Fsp3) is 0.222. The van der Waals surface area contributed by atoms with Gasteiger partial charge in [0.15, 0.2) is 0 Å². The Morgan fingerprint density at radius 2 is 1.68 bits per heavy atom. The first-order chi connectivity index (χ1) is 9.28. The molecule has 0 heterocycles. The average Bonchev–Trinajstić information content (AvgIpc) is 2.47. The topological polar surface area (TPSA) is 9.23 Å². The van der Waals surface area contributed by atoms with Crippen LogP contribution in [-0.2, 0) is 13.0 Å². The SMILES string of the molecule is C=CC(C)Cc1ccc(OCc2ccccc2)cc1. The number of benzene rings is 2. The summed E-state index contributed by atoms with van der Waals surface area (Å²) in [6.07, 6.45) is 3.02. The van der Waals surface area contributed by atoms with Crippen molar-refractivity contribution < 1.29 is 4.74 Å². The molecule has 0 aromatic heterocycles. The molecule has 0 bridgehead atoms. The number of ether oxygens (including phenoxy) is 1. The normalized spacial score (nSPS) is 11.8. The summed E-state index contributed by atoms with van der Waals surface area (Å²) in [6, 6.07) is 18.5. The summed E-state index contributed by atoms with van der Waals surface area (Å²) in [5, 5.41) is 0. The molecule has 1 nitrogen and oxygen atoms in total. The van der Waals surface area contributed by atoms with Gasteiger partial charge in [-0.2, -0.15) is 0 Å². The van der Waals surface area contributed by atoms with Gasteiger partial charge in [-0.15, -0.1) is 6.58 Å². The fourth-order valence-electron chi connectivity index (χ4n) is 1.92. The summed E-state index contributed by atoms with van der Waals surface area (Å²) < 4.78 is 5.76. The van der Waals surface area contributed by atoms with Crippen LogP contribution in [0.1, 0.15) is 18.1 Å². The van der Waals surface area contributed by atoms with Gasteiger partial charge < -0.3 is 4.74 Å². The van der Waals surface area contributed by atoms with Crippen LogP contribution in [0.3, 0.4) is 0 Å². The maximum Gasteiger partial charge on any atom is 0.119 e. The molecule has 98 valence electrons. The van der Waals surface area contributed by atoms with Gasteiger partial charge in [0.25, 0.3) is 0 Å². The third kappa shape index (κ3) is 4.29. The summed E-state index contributed by atoms with van der Waals surface area (Å²) in [7, 11) is 0. The van der Waals surface area contributed by atoms with E-state index < -0.39 is 0 Å². The van der Waals surface area contributed by atoms with Gasteiger partial charge in [-0.3, -0.25) is 0 Å². The zero-order valence-corrected chi connectivity index (χ0v) is 11.4. The number of rotatable bonds is 6. The van der Waals surface area contributed by atoms with Crippen LogP contribution in [0.5, 0.6) is 5.75 Å². The molecular weight excluding hydrogens is 232 g/mol. The first-order valence-corrected chi connectivity index (χ1v) is 6.66. The molecule has 0 radical (unpaired) electrons. The van der Waals surface area contributed by atoms with E-state index in [-0.39, 0.29) is 0 Å². The molecule has 0 spiro atoms. The highest BCUT2D eigenvalue weighted by Crippen LogP contribution is 2.16. The van der Waals surface area contributed by atoms with Crippen molar-refractivity contribution in [1.82, 2.24) is 0 Å². The molecule has 0 amide bonds. The van der Waals surface area contributed by atoms with E-state index in [0.717, 1.165) is 12.2 Å². The van der Waals surface area contributed by atoms with E-state index in [1.807, 2.05) is 36.4 Å². The molecule has 0 aliphatic heterocycles. The monoisotopic (exact) mass is 252 g/mol. The lowest BCUT2D eigenvalue weighted by atomic mass is 10.0. The van der Waals surface area contributed by atoms with Crippen LogP contribution in [-0.4, -0.2) is 0 Å². The summed E-state index contributed by atoms with van der Waals surface area (Å²) in [5.41, 5.74) is 2.51. The van der Waals surface area contributed by atoms with E-state index in [9.17, 15) is 0 Å². The van der Waals surface area contributed by atoms with Crippen molar-refractivity contribution in [3.63, 3.8) is 0 Å². The molecule has 0 fully saturated rings. The van der Waals surface area contributed by atoms with E-state index in [4.69, 9.17) is 4.74 Å². The second kappa shape index (κ2) is 6.79. The minimum Gasteiger partial charge on any atom is -0.489 e. The van der Waals surface area contributed by atoms with Gasteiger partial charge in [0.1, 0.15) is 12.4 Å². The van der Waals surface area contributed by atoms with Crippen LogP contribution in [0.4, 0.5) is 0 Å². The number of hydrogen-bond donors (Lipinski definition) is 0. The molecule has 2 aromatic carbocycles. The molecule has 19 heavy (non-hydrogen) atoms. The number of allylic oxidation sites excluding steroid dienone is 1.